The summed E-state index contributed by atoms with van der Waals surface area (Å²) in [5.41, 5.74) is 3.86. The van der Waals surface area contributed by atoms with Crippen molar-refractivity contribution in [3.05, 3.63) is 81.2 Å². The summed E-state index contributed by atoms with van der Waals surface area (Å²) in [4.78, 5) is 25.2. The summed E-state index contributed by atoms with van der Waals surface area (Å²) in [5.74, 6) is -0.126. The van der Waals surface area contributed by atoms with Crippen molar-refractivity contribution >= 4 is 34.8 Å². The van der Waals surface area contributed by atoms with Crippen LogP contribution in [-0.2, 0) is 16.1 Å². The number of hydrogen-bond acceptors (Lipinski definition) is 5. The molecule has 29 heavy (non-hydrogen) atoms. The third-order valence-corrected chi connectivity index (χ3v) is 5.48. The molecule has 0 aliphatic carbocycles. The van der Waals surface area contributed by atoms with Crippen LogP contribution in [0, 0.1) is 6.92 Å². The molecule has 0 aliphatic heterocycles. The molecule has 0 spiro atoms. The molecule has 0 saturated carbocycles. The van der Waals surface area contributed by atoms with Gasteiger partial charge in [-0.15, -0.1) is 11.8 Å². The summed E-state index contributed by atoms with van der Waals surface area (Å²) < 4.78 is 10.7. The molecule has 0 N–H and O–H groups in total. The van der Waals surface area contributed by atoms with Crippen molar-refractivity contribution in [2.24, 2.45) is 0 Å². The van der Waals surface area contributed by atoms with E-state index in [9.17, 15) is 9.59 Å². The van der Waals surface area contributed by atoms with Gasteiger partial charge in [-0.3, -0.25) is 0 Å². The van der Waals surface area contributed by atoms with Crippen LogP contribution < -0.4 is 5.63 Å². The maximum atomic E-state index is 12.1. The van der Waals surface area contributed by atoms with Crippen LogP contribution in [0.5, 0.6) is 0 Å². The zero-order valence-corrected chi connectivity index (χ0v) is 17.8. The molecule has 150 valence electrons. The van der Waals surface area contributed by atoms with E-state index in [1.54, 1.807) is 17.8 Å². The molecule has 0 atom stereocenters. The maximum Gasteiger partial charge on any atom is 0.336 e. The van der Waals surface area contributed by atoms with Crippen LogP contribution in [0.4, 0.5) is 0 Å². The number of carbonyl (C=O) groups excluding carboxylic acids is 1. The first-order chi connectivity index (χ1) is 13.9. The van der Waals surface area contributed by atoms with Crippen LogP contribution in [0.15, 0.2) is 62.6 Å². The Morgan fingerprint density at radius 2 is 1.90 bits per heavy atom. The first-order valence-corrected chi connectivity index (χ1v) is 10.7. The SMILES string of the molecule is CSc1ccc(C=CC(=O)OCc2cc(=O)oc3cc(C)c(C(C)C)cc23)cc1. The third kappa shape index (κ3) is 5.18. The molecule has 1 heterocycles. The molecule has 0 radical (unpaired) electrons. The molecule has 5 heteroatoms. The van der Waals surface area contributed by atoms with E-state index >= 15 is 0 Å². The van der Waals surface area contributed by atoms with Crippen LogP contribution in [0.3, 0.4) is 0 Å². The van der Waals surface area contributed by atoms with E-state index in [0.29, 0.717) is 17.1 Å². The quantitative estimate of drug-likeness (QED) is 0.226. The molecule has 0 bridgehead atoms. The number of rotatable bonds is 6. The van der Waals surface area contributed by atoms with Crippen molar-refractivity contribution in [3.8, 4) is 0 Å². The Morgan fingerprint density at radius 3 is 2.55 bits per heavy atom. The van der Waals surface area contributed by atoms with Crippen molar-refractivity contribution < 1.29 is 13.9 Å². The average Bonchev–Trinajstić information content (AvgIpc) is 2.69. The lowest BCUT2D eigenvalue weighted by molar-refractivity contribution is -0.138. The van der Waals surface area contributed by atoms with Gasteiger partial charge in [0.25, 0.3) is 0 Å². The molecular weight excluding hydrogens is 384 g/mol. The van der Waals surface area contributed by atoms with Gasteiger partial charge in [-0.05, 0) is 66.1 Å². The van der Waals surface area contributed by atoms with Gasteiger partial charge in [-0.2, -0.15) is 0 Å². The van der Waals surface area contributed by atoms with Crippen molar-refractivity contribution in [3.63, 3.8) is 0 Å². The highest BCUT2D eigenvalue weighted by Gasteiger charge is 2.12. The Balaban J connectivity index is 1.78. The van der Waals surface area contributed by atoms with Crippen molar-refractivity contribution in [1.29, 1.82) is 0 Å². The monoisotopic (exact) mass is 408 g/mol. The first kappa shape index (κ1) is 20.9. The molecule has 1 aromatic heterocycles. The molecule has 0 unspecified atom stereocenters. The van der Waals surface area contributed by atoms with E-state index in [-0.39, 0.29) is 6.61 Å². The minimum atomic E-state index is -0.462. The minimum Gasteiger partial charge on any atom is -0.458 e. The number of hydrogen-bond donors (Lipinski definition) is 0. The Labute approximate surface area is 174 Å². The van der Waals surface area contributed by atoms with E-state index in [4.69, 9.17) is 9.15 Å². The number of fused-ring (bicyclic) bond motifs is 1. The summed E-state index contributed by atoms with van der Waals surface area (Å²) in [5, 5.41) is 0.795. The average molecular weight is 409 g/mol. The summed E-state index contributed by atoms with van der Waals surface area (Å²) in [6.45, 7) is 6.24. The van der Waals surface area contributed by atoms with Gasteiger partial charge in [0.15, 0.2) is 0 Å². The number of carbonyl (C=O) groups is 1. The Morgan fingerprint density at radius 1 is 1.17 bits per heavy atom. The lowest BCUT2D eigenvalue weighted by Gasteiger charge is -2.13. The van der Waals surface area contributed by atoms with Gasteiger partial charge in [-0.25, -0.2) is 9.59 Å². The van der Waals surface area contributed by atoms with Gasteiger partial charge in [0, 0.05) is 28.0 Å². The Hall–Kier alpha value is -2.79. The molecule has 3 rings (SSSR count). The molecule has 3 aromatic rings. The Bertz CT molecular complexity index is 1110. The molecule has 0 aliphatic rings. The van der Waals surface area contributed by atoms with Gasteiger partial charge < -0.3 is 9.15 Å². The van der Waals surface area contributed by atoms with E-state index in [2.05, 4.69) is 13.8 Å². The van der Waals surface area contributed by atoms with Crippen LogP contribution in [0.1, 0.15) is 42.0 Å². The van der Waals surface area contributed by atoms with E-state index in [0.717, 1.165) is 21.4 Å². The predicted molar refractivity (Wildman–Crippen MR) is 118 cm³/mol. The second-order valence-corrected chi connectivity index (χ2v) is 8.04. The lowest BCUT2D eigenvalue weighted by atomic mass is 9.95. The van der Waals surface area contributed by atoms with Crippen LogP contribution in [0.25, 0.3) is 17.0 Å². The highest BCUT2D eigenvalue weighted by Crippen LogP contribution is 2.27. The Kier molecular flexibility index (Phi) is 6.60. The second kappa shape index (κ2) is 9.14. The maximum absolute atomic E-state index is 12.1. The number of thioether (sulfide) groups is 1. The van der Waals surface area contributed by atoms with Gasteiger partial charge >= 0.3 is 11.6 Å². The fourth-order valence-electron chi connectivity index (χ4n) is 3.21. The molecule has 0 fully saturated rings. The van der Waals surface area contributed by atoms with Gasteiger partial charge in [0.2, 0.25) is 0 Å². The van der Waals surface area contributed by atoms with Gasteiger partial charge in [0.1, 0.15) is 12.2 Å². The number of ether oxygens (including phenoxy) is 1. The molecule has 0 saturated heterocycles. The number of esters is 1. The summed E-state index contributed by atoms with van der Waals surface area (Å²) in [6, 6.07) is 13.2. The van der Waals surface area contributed by atoms with Crippen LogP contribution >= 0.6 is 11.8 Å². The van der Waals surface area contributed by atoms with E-state index in [1.165, 1.54) is 17.7 Å². The smallest absolute Gasteiger partial charge is 0.336 e. The largest absolute Gasteiger partial charge is 0.458 e. The van der Waals surface area contributed by atoms with Crippen molar-refractivity contribution in [2.45, 2.75) is 38.2 Å². The normalized spacial score (nSPS) is 11.5. The minimum absolute atomic E-state index is 0.0112. The number of aryl methyl sites for hydroxylation is 1. The summed E-state index contributed by atoms with van der Waals surface area (Å²) in [6.07, 6.45) is 5.12. The summed E-state index contributed by atoms with van der Waals surface area (Å²) >= 11 is 1.66. The molecule has 0 amide bonds. The van der Waals surface area contributed by atoms with Crippen LogP contribution in [-0.4, -0.2) is 12.2 Å². The van der Waals surface area contributed by atoms with Gasteiger partial charge in [-0.1, -0.05) is 26.0 Å². The third-order valence-electron chi connectivity index (χ3n) is 4.74. The first-order valence-electron chi connectivity index (χ1n) is 9.43. The molecule has 4 nitrogen and oxygen atoms in total. The fourth-order valence-corrected chi connectivity index (χ4v) is 3.62. The standard InChI is InChI=1S/C24H24O4S/c1-15(2)20-13-21-18(12-24(26)28-22(21)11-16(20)3)14-27-23(25)10-7-17-5-8-19(29-4)9-6-17/h5-13,15H,14H2,1-4H3. The van der Waals surface area contributed by atoms with E-state index in [1.807, 2.05) is 49.6 Å². The summed E-state index contributed by atoms with van der Waals surface area (Å²) in [7, 11) is 0. The van der Waals surface area contributed by atoms with Gasteiger partial charge in [0.05, 0.1) is 0 Å². The van der Waals surface area contributed by atoms with E-state index < -0.39 is 11.6 Å². The van der Waals surface area contributed by atoms with Crippen molar-refractivity contribution in [2.75, 3.05) is 6.26 Å². The van der Waals surface area contributed by atoms with Crippen LogP contribution in [0.2, 0.25) is 0 Å². The molecular formula is C24H24O4S. The lowest BCUT2D eigenvalue weighted by Crippen LogP contribution is -2.06. The topological polar surface area (TPSA) is 56.5 Å². The zero-order valence-electron chi connectivity index (χ0n) is 17.0. The highest BCUT2D eigenvalue weighted by molar-refractivity contribution is 7.98. The second-order valence-electron chi connectivity index (χ2n) is 7.16. The number of benzene rings is 2. The zero-order chi connectivity index (χ0) is 21.0. The molecule has 2 aromatic carbocycles. The van der Waals surface area contributed by atoms with Crippen molar-refractivity contribution in [1.82, 2.24) is 0 Å². The fraction of sp³-hybridized carbons (Fsp3) is 0.250. The highest BCUT2D eigenvalue weighted by atomic mass is 32.2. The predicted octanol–water partition coefficient (Wildman–Crippen LogP) is 5.70.